The van der Waals surface area contributed by atoms with Gasteiger partial charge in [0, 0.05) is 6.42 Å². The van der Waals surface area contributed by atoms with Gasteiger partial charge in [0.2, 0.25) is 0 Å². The zero-order valence-electron chi connectivity index (χ0n) is 5.70. The van der Waals surface area contributed by atoms with Crippen LogP contribution in [0.25, 0.3) is 0 Å². The van der Waals surface area contributed by atoms with Crippen molar-refractivity contribution in [1.82, 2.24) is 0 Å². The molecule has 0 saturated carbocycles. The van der Waals surface area contributed by atoms with Crippen LogP contribution in [-0.4, -0.2) is 23.8 Å². The summed E-state index contributed by atoms with van der Waals surface area (Å²) in [6, 6.07) is 0. The first-order chi connectivity index (χ1) is 4.18. The van der Waals surface area contributed by atoms with Crippen molar-refractivity contribution in [3.63, 3.8) is 0 Å². The van der Waals surface area contributed by atoms with E-state index in [9.17, 15) is 4.79 Å². The van der Waals surface area contributed by atoms with Crippen LogP contribution in [0, 0.1) is 0 Å². The standard InChI is InChI=1S/C4H8O2.C2H4O/c1-4(6)2-3-5;1-2-3/h3-4,6H,2H2,1H3;2H,1H3. The van der Waals surface area contributed by atoms with E-state index in [2.05, 4.69) is 0 Å². The van der Waals surface area contributed by atoms with E-state index >= 15 is 0 Å². The van der Waals surface area contributed by atoms with E-state index in [1.165, 1.54) is 6.92 Å². The summed E-state index contributed by atoms with van der Waals surface area (Å²) in [6.07, 6.45) is 1.23. The van der Waals surface area contributed by atoms with E-state index in [4.69, 9.17) is 9.90 Å². The zero-order valence-corrected chi connectivity index (χ0v) is 5.70. The minimum Gasteiger partial charge on any atom is -0.393 e. The Labute approximate surface area is 54.7 Å². The predicted octanol–water partition coefficient (Wildman–Crippen LogP) is 0.161. The molecule has 0 aliphatic carbocycles. The molecule has 0 aromatic carbocycles. The predicted molar refractivity (Wildman–Crippen MR) is 34.1 cm³/mol. The lowest BCUT2D eigenvalue weighted by molar-refractivity contribution is -0.109. The van der Waals surface area contributed by atoms with Gasteiger partial charge >= 0.3 is 0 Å². The van der Waals surface area contributed by atoms with Crippen LogP contribution in [0.3, 0.4) is 0 Å². The fourth-order valence-corrected chi connectivity index (χ4v) is 0.139. The molecule has 0 heterocycles. The molecule has 0 aliphatic rings. The van der Waals surface area contributed by atoms with Crippen molar-refractivity contribution in [2.45, 2.75) is 26.4 Å². The molecule has 0 bridgehead atoms. The number of aldehydes is 2. The molecule has 54 valence electrons. The molecule has 0 amide bonds. The van der Waals surface area contributed by atoms with Crippen molar-refractivity contribution in [3.05, 3.63) is 0 Å². The quantitative estimate of drug-likeness (QED) is 0.544. The molecule has 3 nitrogen and oxygen atoms in total. The van der Waals surface area contributed by atoms with Crippen molar-refractivity contribution < 1.29 is 14.7 Å². The summed E-state index contributed by atoms with van der Waals surface area (Å²) in [4.78, 5) is 18.3. The van der Waals surface area contributed by atoms with E-state index in [0.29, 0.717) is 6.29 Å². The second kappa shape index (κ2) is 10.3. The van der Waals surface area contributed by atoms with Crippen LogP contribution in [0.2, 0.25) is 0 Å². The first-order valence-electron chi connectivity index (χ1n) is 2.70. The smallest absolute Gasteiger partial charge is 0.122 e. The average Bonchev–Trinajstić information content (AvgIpc) is 1.67. The second-order valence-electron chi connectivity index (χ2n) is 1.49. The summed E-state index contributed by atoms with van der Waals surface area (Å²) >= 11 is 0. The van der Waals surface area contributed by atoms with Gasteiger partial charge in [0.25, 0.3) is 0 Å². The Morgan fingerprint density at radius 2 is 1.89 bits per heavy atom. The Kier molecular flexibility index (Phi) is 12.8. The van der Waals surface area contributed by atoms with Crippen molar-refractivity contribution in [2.75, 3.05) is 0 Å². The van der Waals surface area contributed by atoms with Gasteiger partial charge in [-0.25, -0.2) is 0 Å². The number of hydrogen-bond acceptors (Lipinski definition) is 3. The minimum atomic E-state index is -0.470. The lowest BCUT2D eigenvalue weighted by atomic mass is 10.3. The highest BCUT2D eigenvalue weighted by molar-refractivity contribution is 5.49. The molecular weight excluding hydrogens is 120 g/mol. The maximum atomic E-state index is 9.46. The fraction of sp³-hybridized carbons (Fsp3) is 0.667. The van der Waals surface area contributed by atoms with Gasteiger partial charge in [-0.3, -0.25) is 0 Å². The van der Waals surface area contributed by atoms with Crippen LogP contribution in [0.1, 0.15) is 20.3 Å². The number of hydrogen-bond donors (Lipinski definition) is 1. The highest BCUT2D eigenvalue weighted by atomic mass is 16.3. The monoisotopic (exact) mass is 132 g/mol. The SMILES string of the molecule is CC(O)CC=O.CC=O. The largest absolute Gasteiger partial charge is 0.393 e. The molecule has 3 heteroatoms. The highest BCUT2D eigenvalue weighted by Crippen LogP contribution is 1.79. The third kappa shape index (κ3) is 38.8. The van der Waals surface area contributed by atoms with Gasteiger partial charge in [0.05, 0.1) is 6.10 Å². The van der Waals surface area contributed by atoms with Gasteiger partial charge in [-0.1, -0.05) is 0 Å². The maximum absolute atomic E-state index is 9.46. The summed E-state index contributed by atoms with van der Waals surface area (Å²) in [7, 11) is 0. The summed E-state index contributed by atoms with van der Waals surface area (Å²) in [5.74, 6) is 0. The first kappa shape index (κ1) is 11.1. The molecule has 0 saturated heterocycles. The number of rotatable bonds is 2. The Morgan fingerprint density at radius 3 is 1.89 bits per heavy atom. The minimum absolute atomic E-state index is 0.250. The molecule has 0 spiro atoms. The normalized spacial score (nSPS) is 10.6. The van der Waals surface area contributed by atoms with Gasteiger partial charge in [-0.05, 0) is 13.8 Å². The lowest BCUT2D eigenvalue weighted by Gasteiger charge is -1.89. The molecular formula is C6H12O3. The van der Waals surface area contributed by atoms with Gasteiger partial charge in [0.1, 0.15) is 12.6 Å². The Bertz CT molecular complexity index is 68.7. The summed E-state index contributed by atoms with van der Waals surface area (Å²) in [6.45, 7) is 3.02. The molecule has 0 radical (unpaired) electrons. The Morgan fingerprint density at radius 1 is 1.56 bits per heavy atom. The lowest BCUT2D eigenvalue weighted by Crippen LogP contribution is -1.97. The van der Waals surface area contributed by atoms with Crippen LogP contribution in [0.5, 0.6) is 0 Å². The van der Waals surface area contributed by atoms with Crippen LogP contribution in [-0.2, 0) is 9.59 Å². The third-order valence-electron chi connectivity index (χ3n) is 0.437. The van der Waals surface area contributed by atoms with Crippen LogP contribution in [0.15, 0.2) is 0 Å². The molecule has 9 heavy (non-hydrogen) atoms. The third-order valence-corrected chi connectivity index (χ3v) is 0.437. The van der Waals surface area contributed by atoms with Gasteiger partial charge < -0.3 is 14.7 Å². The number of carbonyl (C=O) groups excluding carboxylic acids is 2. The Balaban J connectivity index is 0. The van der Waals surface area contributed by atoms with Crippen LogP contribution < -0.4 is 0 Å². The second-order valence-corrected chi connectivity index (χ2v) is 1.49. The zero-order chi connectivity index (χ0) is 7.70. The molecule has 0 aromatic heterocycles. The van der Waals surface area contributed by atoms with Gasteiger partial charge in [0.15, 0.2) is 0 Å². The van der Waals surface area contributed by atoms with Crippen molar-refractivity contribution in [2.24, 2.45) is 0 Å². The fourth-order valence-electron chi connectivity index (χ4n) is 0.139. The summed E-state index contributed by atoms with van der Waals surface area (Å²) in [5, 5.41) is 8.32. The maximum Gasteiger partial charge on any atom is 0.122 e. The van der Waals surface area contributed by atoms with Gasteiger partial charge in [-0.2, -0.15) is 0 Å². The summed E-state index contributed by atoms with van der Waals surface area (Å²) in [5.41, 5.74) is 0. The van der Waals surface area contributed by atoms with Crippen LogP contribution >= 0.6 is 0 Å². The molecule has 0 aromatic rings. The van der Waals surface area contributed by atoms with E-state index in [0.717, 1.165) is 6.29 Å². The van der Waals surface area contributed by atoms with E-state index in [1.807, 2.05) is 0 Å². The molecule has 0 fully saturated rings. The molecule has 1 N–H and O–H groups in total. The van der Waals surface area contributed by atoms with Crippen molar-refractivity contribution in [1.29, 1.82) is 0 Å². The van der Waals surface area contributed by atoms with Gasteiger partial charge in [-0.15, -0.1) is 0 Å². The number of aliphatic hydroxyl groups is 1. The van der Waals surface area contributed by atoms with E-state index in [-0.39, 0.29) is 6.42 Å². The molecule has 0 rings (SSSR count). The highest BCUT2D eigenvalue weighted by Gasteiger charge is 1.87. The average molecular weight is 132 g/mol. The topological polar surface area (TPSA) is 54.4 Å². The van der Waals surface area contributed by atoms with Crippen molar-refractivity contribution in [3.8, 4) is 0 Å². The van der Waals surface area contributed by atoms with Crippen molar-refractivity contribution >= 4 is 12.6 Å². The number of aliphatic hydroxyl groups excluding tert-OH is 1. The molecule has 1 unspecified atom stereocenters. The molecule has 1 atom stereocenters. The molecule has 0 aliphatic heterocycles. The van der Waals surface area contributed by atoms with E-state index < -0.39 is 6.10 Å². The number of carbonyl (C=O) groups is 2. The van der Waals surface area contributed by atoms with E-state index in [1.54, 1.807) is 6.92 Å². The summed E-state index contributed by atoms with van der Waals surface area (Å²) < 4.78 is 0. The Hall–Kier alpha value is -0.700. The first-order valence-corrected chi connectivity index (χ1v) is 2.70. The van der Waals surface area contributed by atoms with Crippen LogP contribution in [0.4, 0.5) is 0 Å².